The minimum atomic E-state index is -1.05. The molecule has 98 valence electrons. The molecule has 0 saturated carbocycles. The fourth-order valence-corrected chi connectivity index (χ4v) is 2.17. The number of carboxylic acid groups (broad SMARTS) is 1. The van der Waals surface area contributed by atoms with Crippen molar-refractivity contribution in [3.63, 3.8) is 0 Å². The SMILES string of the molecule is O=C(O)c1cccn1CC(=O)N1CCCC(O)C1. The first-order valence-electron chi connectivity index (χ1n) is 5.92. The Kier molecular flexibility index (Phi) is 3.66. The van der Waals surface area contributed by atoms with Gasteiger partial charge in [-0.25, -0.2) is 4.79 Å². The number of carbonyl (C=O) groups is 2. The monoisotopic (exact) mass is 252 g/mol. The summed E-state index contributed by atoms with van der Waals surface area (Å²) in [5.74, 6) is -1.21. The van der Waals surface area contributed by atoms with E-state index < -0.39 is 12.1 Å². The molecule has 0 radical (unpaired) electrons. The number of likely N-dealkylation sites (tertiary alicyclic amines) is 1. The minimum Gasteiger partial charge on any atom is -0.477 e. The molecular weight excluding hydrogens is 236 g/mol. The van der Waals surface area contributed by atoms with Gasteiger partial charge in [0.15, 0.2) is 0 Å². The highest BCUT2D eigenvalue weighted by Crippen LogP contribution is 2.11. The fraction of sp³-hybridized carbons (Fsp3) is 0.500. The van der Waals surface area contributed by atoms with E-state index in [1.54, 1.807) is 17.2 Å². The zero-order valence-corrected chi connectivity index (χ0v) is 9.95. The quantitative estimate of drug-likeness (QED) is 0.803. The number of rotatable bonds is 3. The van der Waals surface area contributed by atoms with Gasteiger partial charge in [0.1, 0.15) is 12.2 Å². The van der Waals surface area contributed by atoms with Crippen molar-refractivity contribution in [3.05, 3.63) is 24.0 Å². The summed E-state index contributed by atoms with van der Waals surface area (Å²) in [5, 5.41) is 18.4. The predicted molar refractivity (Wildman–Crippen MR) is 63.2 cm³/mol. The largest absolute Gasteiger partial charge is 0.477 e. The summed E-state index contributed by atoms with van der Waals surface area (Å²) in [4.78, 5) is 24.5. The number of nitrogens with zero attached hydrogens (tertiary/aromatic N) is 2. The lowest BCUT2D eigenvalue weighted by Crippen LogP contribution is -2.43. The topological polar surface area (TPSA) is 82.8 Å². The molecule has 2 N–H and O–H groups in total. The molecule has 0 spiro atoms. The van der Waals surface area contributed by atoms with Crippen LogP contribution in [0.5, 0.6) is 0 Å². The van der Waals surface area contributed by atoms with E-state index in [9.17, 15) is 14.7 Å². The van der Waals surface area contributed by atoms with E-state index in [1.165, 1.54) is 10.6 Å². The van der Waals surface area contributed by atoms with Gasteiger partial charge in [0.05, 0.1) is 6.10 Å². The first-order valence-corrected chi connectivity index (χ1v) is 5.92. The number of aliphatic hydroxyl groups is 1. The Balaban J connectivity index is 2.02. The number of β-amino-alcohol motifs (C(OH)–C–C–N with tert-alkyl or cyclic N) is 1. The third-order valence-electron chi connectivity index (χ3n) is 3.10. The van der Waals surface area contributed by atoms with Crippen molar-refractivity contribution >= 4 is 11.9 Å². The van der Waals surface area contributed by atoms with Crippen LogP contribution in [0.2, 0.25) is 0 Å². The molecule has 2 heterocycles. The molecule has 18 heavy (non-hydrogen) atoms. The standard InChI is InChI=1S/C12H16N2O4/c15-9-3-1-6-14(7-9)11(16)8-13-5-2-4-10(13)12(17)18/h2,4-5,9,15H,1,3,6-8H2,(H,17,18). The van der Waals surface area contributed by atoms with Crippen LogP contribution in [0.25, 0.3) is 0 Å². The van der Waals surface area contributed by atoms with Gasteiger partial charge >= 0.3 is 5.97 Å². The zero-order valence-electron chi connectivity index (χ0n) is 9.95. The van der Waals surface area contributed by atoms with Gasteiger partial charge in [-0.2, -0.15) is 0 Å². The number of aliphatic hydroxyl groups excluding tert-OH is 1. The van der Waals surface area contributed by atoms with Crippen LogP contribution in [-0.4, -0.2) is 50.8 Å². The fourth-order valence-electron chi connectivity index (χ4n) is 2.17. The Morgan fingerprint density at radius 3 is 2.89 bits per heavy atom. The number of hydrogen-bond donors (Lipinski definition) is 2. The molecule has 1 aliphatic rings. The van der Waals surface area contributed by atoms with Crippen molar-refractivity contribution in [2.75, 3.05) is 13.1 Å². The summed E-state index contributed by atoms with van der Waals surface area (Å²) in [7, 11) is 0. The highest BCUT2D eigenvalue weighted by Gasteiger charge is 2.22. The maximum Gasteiger partial charge on any atom is 0.352 e. The Hall–Kier alpha value is -1.82. The van der Waals surface area contributed by atoms with Gasteiger partial charge in [0, 0.05) is 19.3 Å². The molecule has 1 fully saturated rings. The average Bonchev–Trinajstić information content (AvgIpc) is 2.77. The van der Waals surface area contributed by atoms with Gasteiger partial charge in [-0.1, -0.05) is 0 Å². The molecular formula is C12H16N2O4. The van der Waals surface area contributed by atoms with E-state index in [-0.39, 0.29) is 18.1 Å². The van der Waals surface area contributed by atoms with E-state index in [1.807, 2.05) is 0 Å². The second-order valence-corrected chi connectivity index (χ2v) is 4.46. The van der Waals surface area contributed by atoms with E-state index in [4.69, 9.17) is 5.11 Å². The number of amides is 1. The molecule has 1 aromatic rings. The lowest BCUT2D eigenvalue weighted by Gasteiger charge is -2.30. The van der Waals surface area contributed by atoms with Gasteiger partial charge in [-0.05, 0) is 25.0 Å². The molecule has 0 aliphatic carbocycles. The van der Waals surface area contributed by atoms with Crippen molar-refractivity contribution in [1.82, 2.24) is 9.47 Å². The van der Waals surface area contributed by atoms with Crippen LogP contribution in [0.15, 0.2) is 18.3 Å². The van der Waals surface area contributed by atoms with Crippen LogP contribution in [-0.2, 0) is 11.3 Å². The van der Waals surface area contributed by atoms with Crippen LogP contribution < -0.4 is 0 Å². The van der Waals surface area contributed by atoms with Gasteiger partial charge in [-0.15, -0.1) is 0 Å². The number of carbonyl (C=O) groups excluding carboxylic acids is 1. The minimum absolute atomic E-state index is 0.00134. The molecule has 1 atom stereocenters. The van der Waals surface area contributed by atoms with Crippen LogP contribution >= 0.6 is 0 Å². The van der Waals surface area contributed by atoms with E-state index in [2.05, 4.69) is 0 Å². The Bertz CT molecular complexity index is 455. The third-order valence-corrected chi connectivity index (χ3v) is 3.10. The summed E-state index contributed by atoms with van der Waals surface area (Å²) < 4.78 is 1.41. The maximum absolute atomic E-state index is 12.0. The van der Waals surface area contributed by atoms with E-state index in [0.717, 1.165) is 6.42 Å². The smallest absolute Gasteiger partial charge is 0.352 e. The average molecular weight is 252 g/mol. The van der Waals surface area contributed by atoms with Crippen molar-refractivity contribution in [2.45, 2.75) is 25.5 Å². The van der Waals surface area contributed by atoms with Crippen molar-refractivity contribution in [2.24, 2.45) is 0 Å². The number of aromatic nitrogens is 1. The third kappa shape index (κ3) is 2.70. The molecule has 1 amide bonds. The molecule has 0 bridgehead atoms. The lowest BCUT2D eigenvalue weighted by molar-refractivity contribution is -0.134. The summed E-state index contributed by atoms with van der Waals surface area (Å²) in [5.41, 5.74) is 0.0981. The molecule has 2 rings (SSSR count). The lowest BCUT2D eigenvalue weighted by atomic mass is 10.1. The van der Waals surface area contributed by atoms with Gasteiger partial charge < -0.3 is 19.7 Å². The maximum atomic E-state index is 12.0. The van der Waals surface area contributed by atoms with Crippen LogP contribution in [0.3, 0.4) is 0 Å². The van der Waals surface area contributed by atoms with Gasteiger partial charge in [-0.3, -0.25) is 4.79 Å². The van der Waals surface area contributed by atoms with Crippen LogP contribution in [0.4, 0.5) is 0 Å². The summed E-state index contributed by atoms with van der Waals surface area (Å²) in [6.07, 6.45) is 2.60. The van der Waals surface area contributed by atoms with Gasteiger partial charge in [0.2, 0.25) is 5.91 Å². The Labute approximate surface area is 104 Å². The molecule has 1 saturated heterocycles. The number of hydrogen-bond acceptors (Lipinski definition) is 3. The molecule has 0 aromatic carbocycles. The van der Waals surface area contributed by atoms with Gasteiger partial charge in [0.25, 0.3) is 0 Å². The van der Waals surface area contributed by atoms with Crippen molar-refractivity contribution < 1.29 is 19.8 Å². The molecule has 6 heteroatoms. The Morgan fingerprint density at radius 1 is 1.44 bits per heavy atom. The summed E-state index contributed by atoms with van der Waals surface area (Å²) in [6, 6.07) is 3.06. The zero-order chi connectivity index (χ0) is 13.1. The van der Waals surface area contributed by atoms with Crippen molar-refractivity contribution in [3.8, 4) is 0 Å². The first-order chi connectivity index (χ1) is 8.58. The number of aromatic carboxylic acids is 1. The van der Waals surface area contributed by atoms with E-state index in [0.29, 0.717) is 19.5 Å². The predicted octanol–water partition coefficient (Wildman–Crippen LogP) is 0.170. The van der Waals surface area contributed by atoms with Crippen LogP contribution in [0.1, 0.15) is 23.3 Å². The van der Waals surface area contributed by atoms with Crippen LogP contribution in [0, 0.1) is 0 Å². The normalized spacial score (nSPS) is 19.8. The molecule has 6 nitrogen and oxygen atoms in total. The number of piperidine rings is 1. The highest BCUT2D eigenvalue weighted by atomic mass is 16.4. The second kappa shape index (κ2) is 5.22. The molecule has 1 aliphatic heterocycles. The molecule has 1 unspecified atom stereocenters. The second-order valence-electron chi connectivity index (χ2n) is 4.46. The Morgan fingerprint density at radius 2 is 2.22 bits per heavy atom. The first kappa shape index (κ1) is 12.6. The summed E-state index contributed by atoms with van der Waals surface area (Å²) >= 11 is 0. The van der Waals surface area contributed by atoms with Crippen molar-refractivity contribution in [1.29, 1.82) is 0 Å². The number of carboxylic acids is 1. The summed E-state index contributed by atoms with van der Waals surface area (Å²) in [6.45, 7) is 0.962. The molecule has 1 aromatic heterocycles. The highest BCUT2D eigenvalue weighted by molar-refractivity contribution is 5.86. The van der Waals surface area contributed by atoms with E-state index >= 15 is 0 Å².